The van der Waals surface area contributed by atoms with Crippen LogP contribution in [0.2, 0.25) is 0 Å². The van der Waals surface area contributed by atoms with E-state index in [1.165, 1.54) is 16.8 Å². The Morgan fingerprint density at radius 2 is 1.94 bits per heavy atom. The van der Waals surface area contributed by atoms with Gasteiger partial charge < -0.3 is 15.5 Å². The Hall–Kier alpha value is -1.06. The molecular formula is C15H23N3. The molecule has 1 aromatic carbocycles. The van der Waals surface area contributed by atoms with Gasteiger partial charge in [-0.15, -0.1) is 0 Å². The maximum Gasteiger partial charge on any atom is 0.0403 e. The summed E-state index contributed by atoms with van der Waals surface area (Å²) in [6, 6.07) is 7.12. The average Bonchev–Trinajstić information content (AvgIpc) is 2.39. The van der Waals surface area contributed by atoms with Crippen molar-refractivity contribution in [1.82, 2.24) is 4.90 Å². The summed E-state index contributed by atoms with van der Waals surface area (Å²) >= 11 is 0. The number of nitrogens with zero attached hydrogens (tertiary/aromatic N) is 2. The lowest BCUT2D eigenvalue weighted by molar-refractivity contribution is 0.312. The van der Waals surface area contributed by atoms with Crippen molar-refractivity contribution >= 4 is 5.69 Å². The van der Waals surface area contributed by atoms with Crippen molar-refractivity contribution in [2.45, 2.75) is 25.3 Å². The van der Waals surface area contributed by atoms with Crippen LogP contribution in [0.4, 0.5) is 5.69 Å². The molecule has 1 unspecified atom stereocenters. The molecule has 3 heteroatoms. The van der Waals surface area contributed by atoms with E-state index in [9.17, 15) is 0 Å². The van der Waals surface area contributed by atoms with Crippen LogP contribution < -0.4 is 10.6 Å². The highest BCUT2D eigenvalue weighted by atomic mass is 15.2. The van der Waals surface area contributed by atoms with Gasteiger partial charge in [-0.1, -0.05) is 12.1 Å². The third-order valence-corrected chi connectivity index (χ3v) is 4.34. The summed E-state index contributed by atoms with van der Waals surface area (Å²) in [5.41, 5.74) is 10.6. The van der Waals surface area contributed by atoms with Gasteiger partial charge in [-0.05, 0) is 43.5 Å². The van der Waals surface area contributed by atoms with Gasteiger partial charge in [-0.2, -0.15) is 0 Å². The van der Waals surface area contributed by atoms with Gasteiger partial charge in [0.1, 0.15) is 0 Å². The van der Waals surface area contributed by atoms with E-state index in [1.807, 2.05) is 0 Å². The molecule has 1 fully saturated rings. The standard InChI is InChI=1S/C15H23N3/c1-17-7-9-18(10-8-17)15-4-2-3-12-5-6-13(16)11-14(12)15/h2-4,13H,5-11,16H2,1H3. The summed E-state index contributed by atoms with van der Waals surface area (Å²) in [6.45, 7) is 4.61. The van der Waals surface area contributed by atoms with Crippen LogP contribution in [0.5, 0.6) is 0 Å². The van der Waals surface area contributed by atoms with Crippen LogP contribution in [0, 0.1) is 0 Å². The van der Waals surface area contributed by atoms with Gasteiger partial charge in [0.25, 0.3) is 0 Å². The normalized spacial score (nSPS) is 25.0. The average molecular weight is 245 g/mol. The third-order valence-electron chi connectivity index (χ3n) is 4.34. The Morgan fingerprint density at radius 3 is 2.72 bits per heavy atom. The van der Waals surface area contributed by atoms with Gasteiger partial charge in [0.05, 0.1) is 0 Å². The van der Waals surface area contributed by atoms with Crippen LogP contribution in [-0.4, -0.2) is 44.2 Å². The number of piperazine rings is 1. The molecule has 1 aliphatic carbocycles. The van der Waals surface area contributed by atoms with Crippen LogP contribution >= 0.6 is 0 Å². The highest BCUT2D eigenvalue weighted by molar-refractivity contribution is 5.58. The number of hydrogen-bond acceptors (Lipinski definition) is 3. The molecule has 0 bridgehead atoms. The molecule has 1 aromatic rings. The smallest absolute Gasteiger partial charge is 0.0403 e. The first-order valence-corrected chi connectivity index (χ1v) is 7.04. The molecule has 1 atom stereocenters. The third kappa shape index (κ3) is 2.25. The highest BCUT2D eigenvalue weighted by Crippen LogP contribution is 2.30. The van der Waals surface area contributed by atoms with E-state index in [0.717, 1.165) is 45.4 Å². The number of nitrogens with two attached hydrogens (primary N) is 1. The summed E-state index contributed by atoms with van der Waals surface area (Å²) in [5, 5.41) is 0. The fourth-order valence-corrected chi connectivity index (χ4v) is 3.14. The zero-order chi connectivity index (χ0) is 12.5. The molecule has 1 heterocycles. The largest absolute Gasteiger partial charge is 0.369 e. The second kappa shape index (κ2) is 4.90. The van der Waals surface area contributed by atoms with E-state index in [1.54, 1.807) is 0 Å². The van der Waals surface area contributed by atoms with Gasteiger partial charge in [-0.25, -0.2) is 0 Å². The van der Waals surface area contributed by atoms with Crippen LogP contribution in [0.25, 0.3) is 0 Å². The zero-order valence-electron chi connectivity index (χ0n) is 11.2. The van der Waals surface area contributed by atoms with Crippen molar-refractivity contribution in [2.75, 3.05) is 38.1 Å². The van der Waals surface area contributed by atoms with E-state index < -0.39 is 0 Å². The SMILES string of the molecule is CN1CCN(c2cccc3c2CC(N)CC3)CC1. The fourth-order valence-electron chi connectivity index (χ4n) is 3.14. The molecule has 0 amide bonds. The molecule has 1 aliphatic heterocycles. The number of rotatable bonds is 1. The summed E-state index contributed by atoms with van der Waals surface area (Å²) in [5.74, 6) is 0. The molecule has 2 N–H and O–H groups in total. The lowest BCUT2D eigenvalue weighted by Crippen LogP contribution is -2.45. The van der Waals surface area contributed by atoms with Gasteiger partial charge >= 0.3 is 0 Å². The first-order chi connectivity index (χ1) is 8.74. The molecule has 3 nitrogen and oxygen atoms in total. The Morgan fingerprint density at radius 1 is 1.17 bits per heavy atom. The Balaban J connectivity index is 1.88. The molecule has 0 aromatic heterocycles. The summed E-state index contributed by atoms with van der Waals surface area (Å²) in [4.78, 5) is 4.94. The number of benzene rings is 1. The van der Waals surface area contributed by atoms with Crippen molar-refractivity contribution in [3.8, 4) is 0 Å². The Kier molecular flexibility index (Phi) is 3.27. The van der Waals surface area contributed by atoms with Gasteiger partial charge in [-0.3, -0.25) is 0 Å². The summed E-state index contributed by atoms with van der Waals surface area (Å²) in [6.07, 6.45) is 3.34. The van der Waals surface area contributed by atoms with Crippen molar-refractivity contribution in [1.29, 1.82) is 0 Å². The van der Waals surface area contributed by atoms with Gasteiger partial charge in [0.2, 0.25) is 0 Å². The Labute approximate surface area is 110 Å². The van der Waals surface area contributed by atoms with Crippen molar-refractivity contribution in [3.63, 3.8) is 0 Å². The molecule has 0 spiro atoms. The van der Waals surface area contributed by atoms with E-state index >= 15 is 0 Å². The minimum Gasteiger partial charge on any atom is -0.369 e. The maximum absolute atomic E-state index is 6.14. The second-order valence-corrected chi connectivity index (χ2v) is 5.71. The number of fused-ring (bicyclic) bond motifs is 1. The highest BCUT2D eigenvalue weighted by Gasteiger charge is 2.22. The summed E-state index contributed by atoms with van der Waals surface area (Å²) < 4.78 is 0. The van der Waals surface area contributed by atoms with E-state index in [0.29, 0.717) is 6.04 Å². The van der Waals surface area contributed by atoms with E-state index in [-0.39, 0.29) is 0 Å². The molecule has 2 aliphatic rings. The lowest BCUT2D eigenvalue weighted by Gasteiger charge is -2.37. The first-order valence-electron chi connectivity index (χ1n) is 7.04. The maximum atomic E-state index is 6.14. The quantitative estimate of drug-likeness (QED) is 0.808. The van der Waals surface area contributed by atoms with Gasteiger partial charge in [0.15, 0.2) is 0 Å². The molecule has 0 radical (unpaired) electrons. The predicted molar refractivity (Wildman–Crippen MR) is 76.2 cm³/mol. The van der Waals surface area contributed by atoms with Crippen molar-refractivity contribution in [2.24, 2.45) is 5.73 Å². The minimum atomic E-state index is 0.353. The van der Waals surface area contributed by atoms with E-state index in [2.05, 4.69) is 35.0 Å². The molecule has 98 valence electrons. The Bertz CT molecular complexity index is 422. The number of hydrogen-bond donors (Lipinski definition) is 1. The zero-order valence-corrected chi connectivity index (χ0v) is 11.2. The number of anilines is 1. The predicted octanol–water partition coefficient (Wildman–Crippen LogP) is 1.25. The fraction of sp³-hybridized carbons (Fsp3) is 0.600. The van der Waals surface area contributed by atoms with Crippen LogP contribution in [-0.2, 0) is 12.8 Å². The molecule has 0 saturated carbocycles. The monoisotopic (exact) mass is 245 g/mol. The van der Waals surface area contributed by atoms with Gasteiger partial charge in [0, 0.05) is 37.9 Å². The van der Waals surface area contributed by atoms with Crippen LogP contribution in [0.15, 0.2) is 18.2 Å². The number of aryl methyl sites for hydroxylation is 1. The summed E-state index contributed by atoms with van der Waals surface area (Å²) in [7, 11) is 2.20. The molecule has 3 rings (SSSR count). The lowest BCUT2D eigenvalue weighted by atomic mass is 9.87. The molecule has 18 heavy (non-hydrogen) atoms. The second-order valence-electron chi connectivity index (χ2n) is 5.71. The first kappa shape index (κ1) is 12.0. The molecule has 1 saturated heterocycles. The minimum absolute atomic E-state index is 0.353. The van der Waals surface area contributed by atoms with Crippen molar-refractivity contribution in [3.05, 3.63) is 29.3 Å². The van der Waals surface area contributed by atoms with E-state index in [4.69, 9.17) is 5.73 Å². The van der Waals surface area contributed by atoms with Crippen LogP contribution in [0.3, 0.4) is 0 Å². The topological polar surface area (TPSA) is 32.5 Å². The molecular weight excluding hydrogens is 222 g/mol. The number of likely N-dealkylation sites (N-methyl/N-ethyl adjacent to an activating group) is 1. The van der Waals surface area contributed by atoms with Crippen LogP contribution in [0.1, 0.15) is 17.5 Å². The van der Waals surface area contributed by atoms with Crippen molar-refractivity contribution < 1.29 is 0 Å².